The summed E-state index contributed by atoms with van der Waals surface area (Å²) in [7, 11) is 0. The molecule has 0 aliphatic rings. The van der Waals surface area contributed by atoms with E-state index in [2.05, 4.69) is 15.0 Å². The summed E-state index contributed by atoms with van der Waals surface area (Å²) in [4.78, 5) is 11.4. The molecule has 0 aliphatic heterocycles. The van der Waals surface area contributed by atoms with E-state index in [0.717, 1.165) is 22.9 Å². The predicted molar refractivity (Wildman–Crippen MR) is 86.5 cm³/mol. The molecule has 0 aliphatic carbocycles. The lowest BCUT2D eigenvalue weighted by Gasteiger charge is -2.08. The van der Waals surface area contributed by atoms with Gasteiger partial charge in [-0.05, 0) is 29.8 Å². The second kappa shape index (κ2) is 5.31. The molecule has 4 aromatic rings. The number of rotatable bonds is 1. The molecule has 25 heavy (non-hydrogen) atoms. The molecule has 0 bridgehead atoms. The predicted octanol–water partition coefficient (Wildman–Crippen LogP) is 4.67. The number of benzene rings is 1. The van der Waals surface area contributed by atoms with Gasteiger partial charge < -0.3 is 4.98 Å². The molecule has 122 valence electrons. The quantitative estimate of drug-likeness (QED) is 0.548. The number of alkyl halides is 3. The van der Waals surface area contributed by atoms with Crippen LogP contribution in [-0.2, 0) is 6.18 Å². The van der Waals surface area contributed by atoms with Crippen molar-refractivity contribution in [3.05, 3.63) is 60.0 Å². The molecule has 0 atom stereocenters. The molecule has 3 aromatic heterocycles. The van der Waals surface area contributed by atoms with Crippen molar-refractivity contribution in [1.29, 1.82) is 5.26 Å². The largest absolute Gasteiger partial charge is 0.416 e. The summed E-state index contributed by atoms with van der Waals surface area (Å²) in [5.41, 5.74) is 1.84. The van der Waals surface area contributed by atoms with Crippen LogP contribution in [0.3, 0.4) is 0 Å². The molecule has 0 saturated carbocycles. The van der Waals surface area contributed by atoms with E-state index in [-0.39, 0.29) is 5.69 Å². The molecule has 0 fully saturated rings. The summed E-state index contributed by atoms with van der Waals surface area (Å²) in [6.07, 6.45) is -1.34. The normalized spacial score (nSPS) is 11.8. The third-order valence-corrected chi connectivity index (χ3v) is 3.97. The molecule has 3 heterocycles. The van der Waals surface area contributed by atoms with Gasteiger partial charge in [0.05, 0.1) is 17.3 Å². The lowest BCUT2D eigenvalue weighted by molar-refractivity contribution is -0.137. The van der Waals surface area contributed by atoms with Crippen LogP contribution in [0.15, 0.2) is 48.8 Å². The lowest BCUT2D eigenvalue weighted by atomic mass is 10.0. The standard InChI is InChI=1S/C18H9F3N4/c19-18(20,21)12-3-1-2-10(4-12)11-5-15-14-6-13(7-22)23-9-16(14)25-17(15)24-8-11/h1-6,8-9H,(H,24,25). The Morgan fingerprint density at radius 3 is 2.56 bits per heavy atom. The molecule has 0 radical (unpaired) electrons. The maximum absolute atomic E-state index is 12.9. The average Bonchev–Trinajstić information content (AvgIpc) is 2.98. The van der Waals surface area contributed by atoms with Crippen molar-refractivity contribution in [1.82, 2.24) is 15.0 Å². The summed E-state index contributed by atoms with van der Waals surface area (Å²) in [6.45, 7) is 0. The zero-order valence-electron chi connectivity index (χ0n) is 12.6. The number of nitriles is 1. The third-order valence-electron chi connectivity index (χ3n) is 3.97. The topological polar surface area (TPSA) is 65.4 Å². The molecule has 0 unspecified atom stereocenters. The van der Waals surface area contributed by atoms with Gasteiger partial charge in [-0.3, -0.25) is 0 Å². The van der Waals surface area contributed by atoms with Crippen LogP contribution in [0.5, 0.6) is 0 Å². The molecule has 0 saturated heterocycles. The van der Waals surface area contributed by atoms with Crippen molar-refractivity contribution in [2.45, 2.75) is 6.18 Å². The minimum absolute atomic E-state index is 0.262. The Kier molecular flexibility index (Phi) is 3.22. The Bertz CT molecular complexity index is 1150. The van der Waals surface area contributed by atoms with E-state index in [1.807, 2.05) is 6.07 Å². The Balaban J connectivity index is 1.92. The number of nitrogens with one attached hydrogen (secondary N) is 1. The molecular formula is C18H9F3N4. The lowest BCUT2D eigenvalue weighted by Crippen LogP contribution is -2.04. The van der Waals surface area contributed by atoms with Gasteiger partial charge in [-0.25, -0.2) is 9.97 Å². The van der Waals surface area contributed by atoms with Gasteiger partial charge in [0.25, 0.3) is 0 Å². The van der Waals surface area contributed by atoms with E-state index in [1.165, 1.54) is 12.3 Å². The van der Waals surface area contributed by atoms with Gasteiger partial charge in [-0.15, -0.1) is 0 Å². The number of hydrogen-bond acceptors (Lipinski definition) is 3. The summed E-state index contributed by atoms with van der Waals surface area (Å²) < 4.78 is 38.8. The molecule has 4 nitrogen and oxygen atoms in total. The van der Waals surface area contributed by atoms with Crippen LogP contribution in [0, 0.1) is 11.3 Å². The maximum Gasteiger partial charge on any atom is 0.416 e. The van der Waals surface area contributed by atoms with Gasteiger partial charge in [0.2, 0.25) is 0 Å². The van der Waals surface area contributed by atoms with E-state index < -0.39 is 11.7 Å². The van der Waals surface area contributed by atoms with E-state index in [0.29, 0.717) is 22.3 Å². The van der Waals surface area contributed by atoms with E-state index in [9.17, 15) is 13.2 Å². The van der Waals surface area contributed by atoms with Crippen molar-refractivity contribution in [2.24, 2.45) is 0 Å². The number of nitrogens with zero attached hydrogens (tertiary/aromatic N) is 3. The molecule has 4 rings (SSSR count). The number of pyridine rings is 2. The Morgan fingerprint density at radius 1 is 0.960 bits per heavy atom. The fraction of sp³-hybridized carbons (Fsp3) is 0.0556. The van der Waals surface area contributed by atoms with Gasteiger partial charge in [0.15, 0.2) is 0 Å². The first-order chi connectivity index (χ1) is 12.0. The SMILES string of the molecule is N#Cc1cc2c(cn1)[nH]c1ncc(-c3cccc(C(F)(F)F)c3)cc12. The second-order valence-corrected chi connectivity index (χ2v) is 5.55. The molecule has 0 amide bonds. The van der Waals surface area contributed by atoms with Gasteiger partial charge in [-0.2, -0.15) is 18.4 Å². The first kappa shape index (κ1) is 15.1. The van der Waals surface area contributed by atoms with Crippen molar-refractivity contribution >= 4 is 21.9 Å². The number of hydrogen-bond donors (Lipinski definition) is 1. The first-order valence-electron chi connectivity index (χ1n) is 7.31. The number of halogens is 3. The van der Waals surface area contributed by atoms with Crippen LogP contribution in [0.4, 0.5) is 13.2 Å². The van der Waals surface area contributed by atoms with Crippen LogP contribution >= 0.6 is 0 Å². The molecule has 7 heteroatoms. The average molecular weight is 338 g/mol. The summed E-state index contributed by atoms with van der Waals surface area (Å²) in [6, 6.07) is 10.5. The number of fused-ring (bicyclic) bond motifs is 3. The summed E-state index contributed by atoms with van der Waals surface area (Å²) in [5, 5.41) is 10.5. The van der Waals surface area contributed by atoms with Crippen molar-refractivity contribution < 1.29 is 13.2 Å². The minimum Gasteiger partial charge on any atom is -0.338 e. The highest BCUT2D eigenvalue weighted by atomic mass is 19.4. The minimum atomic E-state index is -4.40. The van der Waals surface area contributed by atoms with Crippen LogP contribution < -0.4 is 0 Å². The molecular weight excluding hydrogens is 329 g/mol. The zero-order valence-corrected chi connectivity index (χ0v) is 12.6. The van der Waals surface area contributed by atoms with Gasteiger partial charge in [0, 0.05) is 22.5 Å². The van der Waals surface area contributed by atoms with Crippen molar-refractivity contribution in [3.8, 4) is 17.2 Å². The van der Waals surface area contributed by atoms with Crippen molar-refractivity contribution in [3.63, 3.8) is 0 Å². The number of aromatic amines is 1. The Hall–Kier alpha value is -3.40. The Labute approximate surface area is 139 Å². The van der Waals surface area contributed by atoms with Crippen LogP contribution in [0.1, 0.15) is 11.3 Å². The van der Waals surface area contributed by atoms with Gasteiger partial charge >= 0.3 is 6.18 Å². The smallest absolute Gasteiger partial charge is 0.338 e. The fourth-order valence-corrected chi connectivity index (χ4v) is 2.77. The Morgan fingerprint density at radius 2 is 1.80 bits per heavy atom. The van der Waals surface area contributed by atoms with Crippen LogP contribution in [0.25, 0.3) is 33.1 Å². The number of aromatic nitrogens is 3. The number of H-pyrrole nitrogens is 1. The van der Waals surface area contributed by atoms with Crippen LogP contribution in [-0.4, -0.2) is 15.0 Å². The van der Waals surface area contributed by atoms with E-state index >= 15 is 0 Å². The summed E-state index contributed by atoms with van der Waals surface area (Å²) >= 11 is 0. The fourth-order valence-electron chi connectivity index (χ4n) is 2.77. The monoisotopic (exact) mass is 338 g/mol. The molecule has 1 N–H and O–H groups in total. The second-order valence-electron chi connectivity index (χ2n) is 5.55. The van der Waals surface area contributed by atoms with Gasteiger partial charge in [-0.1, -0.05) is 12.1 Å². The highest BCUT2D eigenvalue weighted by Gasteiger charge is 2.30. The van der Waals surface area contributed by atoms with E-state index in [4.69, 9.17) is 5.26 Å². The molecule has 0 spiro atoms. The van der Waals surface area contributed by atoms with Crippen molar-refractivity contribution in [2.75, 3.05) is 0 Å². The zero-order chi connectivity index (χ0) is 17.6. The maximum atomic E-state index is 12.9. The molecule has 1 aromatic carbocycles. The highest BCUT2D eigenvalue weighted by Crippen LogP contribution is 2.33. The first-order valence-corrected chi connectivity index (χ1v) is 7.31. The van der Waals surface area contributed by atoms with E-state index in [1.54, 1.807) is 24.4 Å². The van der Waals surface area contributed by atoms with Crippen LogP contribution in [0.2, 0.25) is 0 Å². The van der Waals surface area contributed by atoms with Gasteiger partial charge in [0.1, 0.15) is 17.4 Å². The highest BCUT2D eigenvalue weighted by molar-refractivity contribution is 6.06. The summed E-state index contributed by atoms with van der Waals surface area (Å²) in [5.74, 6) is 0. The third kappa shape index (κ3) is 2.58.